The fourth-order valence-corrected chi connectivity index (χ4v) is 2.49. The Morgan fingerprint density at radius 2 is 2.14 bits per heavy atom. The first-order valence-corrected chi connectivity index (χ1v) is 7.23. The third-order valence-electron chi connectivity index (χ3n) is 3.34. The van der Waals surface area contributed by atoms with Gasteiger partial charge in [0.25, 0.3) is 0 Å². The molecule has 0 spiro atoms. The Hall–Kier alpha value is -1.66. The second-order valence-corrected chi connectivity index (χ2v) is 5.16. The maximum absolute atomic E-state index is 6.33. The van der Waals surface area contributed by atoms with E-state index >= 15 is 0 Å². The summed E-state index contributed by atoms with van der Waals surface area (Å²) < 4.78 is 6.86. The zero-order valence-corrected chi connectivity index (χ0v) is 13.5. The van der Waals surface area contributed by atoms with Gasteiger partial charge in [0.1, 0.15) is 0 Å². The first-order chi connectivity index (χ1) is 10.1. The van der Waals surface area contributed by atoms with E-state index < -0.39 is 0 Å². The Kier molecular flexibility index (Phi) is 5.14. The number of ether oxygens (including phenoxy) is 1. The van der Waals surface area contributed by atoms with Gasteiger partial charge in [0.2, 0.25) is 5.88 Å². The molecule has 0 saturated carbocycles. The zero-order valence-electron chi connectivity index (χ0n) is 12.7. The minimum absolute atomic E-state index is 0.0284. The summed E-state index contributed by atoms with van der Waals surface area (Å²) in [7, 11) is 3.47. The normalized spacial score (nSPS) is 12.4. The van der Waals surface area contributed by atoms with Crippen molar-refractivity contribution in [3.05, 3.63) is 34.2 Å². The molecule has 2 aromatic heterocycles. The molecule has 0 aromatic carbocycles. The second kappa shape index (κ2) is 6.87. The Morgan fingerprint density at radius 3 is 2.62 bits per heavy atom. The van der Waals surface area contributed by atoms with Gasteiger partial charge in [0.05, 0.1) is 35.3 Å². The molecule has 114 valence electrons. The van der Waals surface area contributed by atoms with Gasteiger partial charge in [-0.05, 0) is 19.5 Å². The molecular formula is C14H20ClN5O. The number of nitrogens with zero attached hydrogens (tertiary/aromatic N) is 4. The van der Waals surface area contributed by atoms with Crippen LogP contribution in [0, 0.1) is 6.92 Å². The van der Waals surface area contributed by atoms with E-state index in [0.717, 1.165) is 23.6 Å². The molecule has 2 rings (SSSR count). The van der Waals surface area contributed by atoms with Crippen LogP contribution in [-0.2, 0) is 13.5 Å². The van der Waals surface area contributed by atoms with Gasteiger partial charge < -0.3 is 10.1 Å². The summed E-state index contributed by atoms with van der Waals surface area (Å²) in [5, 5.41) is 16.7. The number of aromatic nitrogens is 4. The van der Waals surface area contributed by atoms with Gasteiger partial charge in [-0.3, -0.25) is 4.68 Å². The maximum Gasteiger partial charge on any atom is 0.233 e. The lowest BCUT2D eigenvalue weighted by Crippen LogP contribution is -2.25. The van der Waals surface area contributed by atoms with E-state index in [2.05, 4.69) is 27.5 Å². The summed E-state index contributed by atoms with van der Waals surface area (Å²) in [6, 6.07) is 3.75. The van der Waals surface area contributed by atoms with Crippen molar-refractivity contribution in [2.45, 2.75) is 26.3 Å². The van der Waals surface area contributed by atoms with Gasteiger partial charge >= 0.3 is 0 Å². The van der Waals surface area contributed by atoms with E-state index in [1.54, 1.807) is 7.11 Å². The maximum atomic E-state index is 6.33. The summed E-state index contributed by atoms with van der Waals surface area (Å²) >= 11 is 6.33. The average Bonchev–Trinajstić information content (AvgIpc) is 2.73. The quantitative estimate of drug-likeness (QED) is 0.885. The van der Waals surface area contributed by atoms with Crippen LogP contribution >= 0.6 is 11.6 Å². The molecule has 0 aliphatic carbocycles. The molecule has 1 unspecified atom stereocenters. The molecule has 0 saturated heterocycles. The smallest absolute Gasteiger partial charge is 0.233 e. The fraction of sp³-hybridized carbons (Fsp3) is 0.500. The predicted molar refractivity (Wildman–Crippen MR) is 81.7 cm³/mol. The van der Waals surface area contributed by atoms with Crippen LogP contribution in [0.3, 0.4) is 0 Å². The van der Waals surface area contributed by atoms with Crippen molar-refractivity contribution in [1.29, 1.82) is 0 Å². The third-order valence-corrected chi connectivity index (χ3v) is 3.83. The summed E-state index contributed by atoms with van der Waals surface area (Å²) in [6.45, 7) is 4.79. The summed E-state index contributed by atoms with van der Waals surface area (Å²) in [4.78, 5) is 0. The molecule has 0 fully saturated rings. The van der Waals surface area contributed by atoms with Crippen LogP contribution in [0.15, 0.2) is 12.1 Å². The number of halogens is 1. The summed E-state index contributed by atoms with van der Waals surface area (Å²) in [6.07, 6.45) is 0.699. The standard InChI is InChI=1S/C14H20ClN5O/c1-5-16-11(10-6-7-13(21-4)18-17-10)8-12-14(15)9(2)19-20(12)3/h6-7,11,16H,5,8H2,1-4H3. The van der Waals surface area contributed by atoms with E-state index in [0.29, 0.717) is 17.3 Å². The van der Waals surface area contributed by atoms with E-state index in [-0.39, 0.29) is 6.04 Å². The van der Waals surface area contributed by atoms with Crippen LogP contribution in [0.4, 0.5) is 0 Å². The van der Waals surface area contributed by atoms with Gasteiger partial charge in [0, 0.05) is 19.5 Å². The topological polar surface area (TPSA) is 64.9 Å². The van der Waals surface area contributed by atoms with Crippen LogP contribution in [0.2, 0.25) is 5.02 Å². The van der Waals surface area contributed by atoms with E-state index in [4.69, 9.17) is 16.3 Å². The first kappa shape index (κ1) is 15.7. The van der Waals surface area contributed by atoms with E-state index in [9.17, 15) is 0 Å². The second-order valence-electron chi connectivity index (χ2n) is 4.78. The monoisotopic (exact) mass is 309 g/mol. The van der Waals surface area contributed by atoms with Crippen LogP contribution in [0.1, 0.15) is 30.0 Å². The van der Waals surface area contributed by atoms with Gasteiger partial charge in [0.15, 0.2) is 0 Å². The number of methoxy groups -OCH3 is 1. The van der Waals surface area contributed by atoms with Crippen molar-refractivity contribution in [3.63, 3.8) is 0 Å². The molecule has 2 heterocycles. The molecule has 0 aliphatic rings. The van der Waals surface area contributed by atoms with Gasteiger partial charge in [-0.1, -0.05) is 18.5 Å². The number of nitrogens with one attached hydrogen (secondary N) is 1. The number of hydrogen-bond acceptors (Lipinski definition) is 5. The van der Waals surface area contributed by atoms with E-state index in [1.165, 1.54) is 0 Å². The number of hydrogen-bond donors (Lipinski definition) is 1. The van der Waals surface area contributed by atoms with Crippen LogP contribution in [0.5, 0.6) is 5.88 Å². The van der Waals surface area contributed by atoms with Crippen LogP contribution in [0.25, 0.3) is 0 Å². The molecule has 0 bridgehead atoms. The number of aryl methyl sites for hydroxylation is 2. The van der Waals surface area contributed by atoms with Crippen molar-refractivity contribution in [3.8, 4) is 5.88 Å². The highest BCUT2D eigenvalue weighted by molar-refractivity contribution is 6.31. The van der Waals surface area contributed by atoms with Gasteiger partial charge in [-0.25, -0.2) is 0 Å². The fourth-order valence-electron chi connectivity index (χ4n) is 2.25. The van der Waals surface area contributed by atoms with Crippen molar-refractivity contribution < 1.29 is 4.74 Å². The van der Waals surface area contributed by atoms with Crippen molar-refractivity contribution in [2.75, 3.05) is 13.7 Å². The Labute approximate surface area is 129 Å². The predicted octanol–water partition coefficient (Wildman–Crippen LogP) is 2.07. The highest BCUT2D eigenvalue weighted by atomic mass is 35.5. The van der Waals surface area contributed by atoms with Crippen LogP contribution in [-0.4, -0.2) is 33.6 Å². The molecule has 6 nitrogen and oxygen atoms in total. The third kappa shape index (κ3) is 3.51. The number of likely N-dealkylation sites (N-methyl/N-ethyl adjacent to an activating group) is 1. The Bertz CT molecular complexity index is 596. The summed E-state index contributed by atoms with van der Waals surface area (Å²) in [5.41, 5.74) is 2.68. The zero-order chi connectivity index (χ0) is 15.4. The minimum atomic E-state index is 0.0284. The molecular weight excluding hydrogens is 290 g/mol. The lowest BCUT2D eigenvalue weighted by molar-refractivity contribution is 0.389. The highest BCUT2D eigenvalue weighted by Crippen LogP contribution is 2.25. The van der Waals surface area contributed by atoms with Crippen molar-refractivity contribution in [1.82, 2.24) is 25.3 Å². The average molecular weight is 310 g/mol. The van der Waals surface area contributed by atoms with Crippen molar-refractivity contribution >= 4 is 11.6 Å². The highest BCUT2D eigenvalue weighted by Gasteiger charge is 2.19. The molecule has 0 amide bonds. The first-order valence-electron chi connectivity index (χ1n) is 6.85. The van der Waals surface area contributed by atoms with Gasteiger partial charge in [-0.2, -0.15) is 10.2 Å². The van der Waals surface area contributed by atoms with Crippen molar-refractivity contribution in [2.24, 2.45) is 7.05 Å². The lowest BCUT2D eigenvalue weighted by atomic mass is 10.1. The molecule has 2 aromatic rings. The molecule has 1 atom stereocenters. The Balaban J connectivity index is 2.25. The molecule has 21 heavy (non-hydrogen) atoms. The molecule has 0 radical (unpaired) electrons. The molecule has 7 heteroatoms. The van der Waals surface area contributed by atoms with Gasteiger partial charge in [-0.15, -0.1) is 5.10 Å². The molecule has 1 N–H and O–H groups in total. The Morgan fingerprint density at radius 1 is 1.38 bits per heavy atom. The summed E-state index contributed by atoms with van der Waals surface area (Å²) in [5.74, 6) is 0.503. The molecule has 0 aliphatic heterocycles. The largest absolute Gasteiger partial charge is 0.480 e. The van der Waals surface area contributed by atoms with Crippen LogP contribution < -0.4 is 10.1 Å². The minimum Gasteiger partial charge on any atom is -0.480 e. The SMILES string of the molecule is CCNC(Cc1c(Cl)c(C)nn1C)c1ccc(OC)nn1. The number of rotatable bonds is 6. The van der Waals surface area contributed by atoms with E-state index in [1.807, 2.05) is 30.8 Å². The lowest BCUT2D eigenvalue weighted by Gasteiger charge is -2.17.